The Morgan fingerprint density at radius 1 is 0.554 bits per heavy atom. The predicted octanol–water partition coefficient (Wildman–Crippen LogP) is -7.18. The number of fused-ring (bicyclic) bond motifs is 1. The zero-order chi connectivity index (χ0) is 90.3. The number of carboxylic acid groups (broad SMARTS) is 4. The Hall–Kier alpha value is -13.3. The van der Waals surface area contributed by atoms with Gasteiger partial charge in [0, 0.05) is 60.7 Å². The van der Waals surface area contributed by atoms with Crippen LogP contribution in [0.25, 0.3) is 10.9 Å². The third-order valence-electron chi connectivity index (χ3n) is 18.7. The zero-order valence-electron chi connectivity index (χ0n) is 66.9. The van der Waals surface area contributed by atoms with E-state index in [2.05, 4.69) is 70.4 Å². The molecule has 46 nitrogen and oxygen atoms in total. The van der Waals surface area contributed by atoms with Crippen molar-refractivity contribution in [1.82, 2.24) is 79.4 Å². The number of ether oxygens (including phenoxy) is 1. The first kappa shape index (κ1) is 100. The van der Waals surface area contributed by atoms with Gasteiger partial charge < -0.3 is 133 Å². The summed E-state index contributed by atoms with van der Waals surface area (Å²) in [6.07, 6.45) is -2.99. The summed E-state index contributed by atoms with van der Waals surface area (Å²) in [5.41, 5.74) is 23.5. The van der Waals surface area contributed by atoms with E-state index in [0.29, 0.717) is 29.3 Å². The molecular weight excluding hydrogens is 1600 g/mol. The number of carboxylic acids is 4. The van der Waals surface area contributed by atoms with E-state index >= 15 is 0 Å². The Kier molecular flexibility index (Phi) is 41.8. The van der Waals surface area contributed by atoms with E-state index in [-0.39, 0.29) is 43.6 Å². The highest BCUT2D eigenvalue weighted by Crippen LogP contribution is 2.22. The Balaban J connectivity index is 1.92. The molecule has 664 valence electrons. The summed E-state index contributed by atoms with van der Waals surface area (Å²) in [6.45, 7) is 0.470. The molecule has 0 radical (unpaired) electrons. The number of anilines is 1. The van der Waals surface area contributed by atoms with Crippen molar-refractivity contribution in [2.24, 2.45) is 23.1 Å². The van der Waals surface area contributed by atoms with Gasteiger partial charge in [0.25, 0.3) is 0 Å². The minimum Gasteiger partial charge on any atom is -0.481 e. The maximum absolute atomic E-state index is 14.9. The number of unbranched alkanes of at least 4 members (excludes halogenated alkanes) is 6. The summed E-state index contributed by atoms with van der Waals surface area (Å²) in [4.78, 5) is 291. The van der Waals surface area contributed by atoms with E-state index in [4.69, 9.17) is 27.7 Å². The lowest BCUT2D eigenvalue weighted by molar-refractivity contribution is -0.156. The van der Waals surface area contributed by atoms with Crippen molar-refractivity contribution in [3.63, 3.8) is 0 Å². The van der Waals surface area contributed by atoms with E-state index in [1.807, 2.05) is 16.0 Å². The lowest BCUT2D eigenvalue weighted by Gasteiger charge is -2.30. The summed E-state index contributed by atoms with van der Waals surface area (Å²) in [5.74, 6) is -31.1. The summed E-state index contributed by atoms with van der Waals surface area (Å²) in [7, 11) is 0. The molecule has 0 spiro atoms. The number of carbonyl (C=O) groups excluding carboxylic acids is 17. The highest BCUT2D eigenvalue weighted by atomic mass is 16.5. The van der Waals surface area contributed by atoms with Gasteiger partial charge in [-0.25, -0.2) is 4.79 Å². The molecular formula is C75H107N19O27. The minimum absolute atomic E-state index is 0.0317. The van der Waals surface area contributed by atoms with Crippen LogP contribution in [0.15, 0.2) is 54.7 Å². The van der Waals surface area contributed by atoms with E-state index in [1.165, 1.54) is 24.3 Å². The average Bonchev–Trinajstić information content (AvgIpc) is 1.72. The molecule has 1 fully saturated rings. The molecule has 4 rings (SSSR count). The number of nitrogen functional groups attached to an aromatic ring is 1. The number of cyclic esters (lactones) is 1. The monoisotopic (exact) mass is 1710 g/mol. The van der Waals surface area contributed by atoms with Crippen LogP contribution in [-0.4, -0.2) is 266 Å². The number of aromatic nitrogens is 1. The zero-order valence-corrected chi connectivity index (χ0v) is 66.9. The van der Waals surface area contributed by atoms with Crippen molar-refractivity contribution >= 4 is 141 Å². The molecule has 2 heterocycles. The van der Waals surface area contributed by atoms with Crippen LogP contribution < -0.4 is 97.4 Å². The number of amides is 15. The second kappa shape index (κ2) is 50.5. The topological polar surface area (TPSA) is 757 Å². The minimum atomic E-state index is -2.50. The first-order valence-electron chi connectivity index (χ1n) is 38.7. The number of ketones is 1. The van der Waals surface area contributed by atoms with E-state index in [9.17, 15) is 126 Å². The number of aliphatic carboxylic acids is 4. The van der Waals surface area contributed by atoms with Crippen molar-refractivity contribution in [3.8, 4) is 0 Å². The van der Waals surface area contributed by atoms with Gasteiger partial charge in [-0.1, -0.05) is 82.7 Å². The molecule has 15 amide bonds. The Morgan fingerprint density at radius 3 is 1.70 bits per heavy atom. The number of rotatable bonds is 38. The van der Waals surface area contributed by atoms with Crippen LogP contribution in [0, 0.1) is 5.92 Å². The normalized spacial score (nSPS) is 20.9. The molecule has 2 aromatic carbocycles. The highest BCUT2D eigenvalue weighted by molar-refractivity contribution is 6.05. The van der Waals surface area contributed by atoms with Gasteiger partial charge in [0.05, 0.1) is 57.8 Å². The van der Waals surface area contributed by atoms with Gasteiger partial charge in [-0.05, 0) is 62.8 Å². The quantitative estimate of drug-likeness (QED) is 0.0110. The van der Waals surface area contributed by atoms with Gasteiger partial charge in [0.1, 0.15) is 72.6 Å². The van der Waals surface area contributed by atoms with Gasteiger partial charge >= 0.3 is 29.8 Å². The van der Waals surface area contributed by atoms with E-state index < -0.39 is 273 Å². The van der Waals surface area contributed by atoms with Crippen LogP contribution in [0.1, 0.15) is 146 Å². The number of esters is 1. The number of para-hydroxylation sites is 2. The van der Waals surface area contributed by atoms with E-state index in [0.717, 1.165) is 52.9 Å². The Morgan fingerprint density at radius 2 is 1.10 bits per heavy atom. The molecule has 1 saturated heterocycles. The van der Waals surface area contributed by atoms with Gasteiger partial charge in [0.15, 0.2) is 5.78 Å². The summed E-state index contributed by atoms with van der Waals surface area (Å²) in [6, 6.07) is -12.3. The number of benzene rings is 2. The van der Waals surface area contributed by atoms with Gasteiger partial charge in [-0.3, -0.25) is 95.9 Å². The molecule has 0 saturated carbocycles. The maximum Gasteiger partial charge on any atom is 0.329 e. The van der Waals surface area contributed by atoms with Crippen LogP contribution >= 0.6 is 0 Å². The van der Waals surface area contributed by atoms with Crippen molar-refractivity contribution in [2.45, 2.75) is 215 Å². The van der Waals surface area contributed by atoms with Gasteiger partial charge in [-0.15, -0.1) is 0 Å². The second-order valence-corrected chi connectivity index (χ2v) is 28.6. The lowest BCUT2D eigenvalue weighted by atomic mass is 9.96. The maximum atomic E-state index is 14.9. The summed E-state index contributed by atoms with van der Waals surface area (Å²) >= 11 is 0. The number of carbonyl (C=O) groups is 21. The number of aromatic amines is 1. The average molecular weight is 1710 g/mol. The van der Waals surface area contributed by atoms with Crippen LogP contribution in [0.3, 0.4) is 0 Å². The number of hydrogen-bond acceptors (Lipinski definition) is 26. The molecule has 46 heteroatoms. The van der Waals surface area contributed by atoms with Crippen LogP contribution in [0.4, 0.5) is 5.69 Å². The number of aliphatic hydroxyl groups is 1. The smallest absolute Gasteiger partial charge is 0.329 e. The fourth-order valence-electron chi connectivity index (χ4n) is 12.2. The number of nitrogens with one attached hydrogen (secondary N) is 15. The molecule has 1 aliphatic rings. The van der Waals surface area contributed by atoms with Crippen molar-refractivity contribution in [1.29, 1.82) is 0 Å². The van der Waals surface area contributed by atoms with Crippen LogP contribution in [0.5, 0.6) is 0 Å². The molecule has 3 aromatic rings. The fraction of sp³-hybridized carbons (Fsp3) is 0.533. The standard InChI is InChI=1S/C75H107N19O27/c1-5-6-7-8-9-10-11-22-55(98)86-46(25-39-32-81-44-20-15-13-17-40(39)44)69(114)89-47(27-54(79)97)70(115)91-50(30-61(107)108)71(116)94-63-38(4)121-75(120)51(26-53(96)41-18-12-14-19-42(41)77)92-74(119)62(36(2)24-58(101)102)93-72(117)52(35-95)87-57(100)33-82-66(111)48(28-59(103)104)88-64(109)37(3)84-68(113)49(29-60(105)106)90-67(112)45(85-56(99)34-83-73(63)118)21-16-23-80-65(110)43(78)31-76/h12-15,17-20,32,36-38,43,45-52,62-63,81,95H,5-11,16,21-31,33-35,76-78H2,1-4H3,(H2,79,97)(H,80,110)(H,82,111)(H,83,118)(H,84,113)(H,85,99)(H,86,98)(H,87,100)(H,88,109)(H,89,114)(H,90,112)(H,91,115)(H,92,119)(H,93,117)(H,94,116)(H,101,102)(H,103,104)(H,105,106)(H,107,108). The fourth-order valence-corrected chi connectivity index (χ4v) is 12.2. The molecule has 121 heavy (non-hydrogen) atoms. The molecule has 14 unspecified atom stereocenters. The van der Waals surface area contributed by atoms with Crippen LogP contribution in [0.2, 0.25) is 0 Å². The number of primary amides is 1. The molecule has 0 aliphatic carbocycles. The first-order valence-corrected chi connectivity index (χ1v) is 38.7. The predicted molar refractivity (Wildman–Crippen MR) is 421 cm³/mol. The SMILES string of the molecule is CCCCCCCCCC(=O)NC(Cc1c[nH]c2ccccc12)C(=O)NC(CC(N)=O)C(=O)NC(CC(=O)O)C(=O)NC1C(=O)NCC(=O)NC(CCCNC(=O)C(N)CN)C(=O)NC(CC(=O)O)C(=O)NC(C)C(=O)NC(CC(=O)O)C(=O)NCC(=O)NC(CO)C(=O)NC(C(C)CC(=O)O)C(=O)NC(CC(=O)c2ccccc2N)C(=O)OC1C. The molecule has 0 bridgehead atoms. The number of nitrogens with two attached hydrogens (primary N) is 4. The molecule has 14 atom stereocenters. The number of aliphatic hydroxyl groups excluding tert-OH is 1. The van der Waals surface area contributed by atoms with Crippen molar-refractivity contribution < 1.29 is 131 Å². The second-order valence-electron chi connectivity index (χ2n) is 28.6. The molecule has 28 N–H and O–H groups in total. The molecule has 1 aromatic heterocycles. The van der Waals surface area contributed by atoms with Crippen LogP contribution in [-0.2, 0) is 107 Å². The van der Waals surface area contributed by atoms with Crippen molar-refractivity contribution in [3.05, 3.63) is 65.9 Å². The van der Waals surface area contributed by atoms with E-state index in [1.54, 1.807) is 30.5 Å². The summed E-state index contributed by atoms with van der Waals surface area (Å²) in [5, 5.41) is 81.2. The number of H-pyrrole nitrogens is 1. The summed E-state index contributed by atoms with van der Waals surface area (Å²) < 4.78 is 5.70. The Labute approximate surface area is 691 Å². The Bertz CT molecular complexity index is 4250. The lowest BCUT2D eigenvalue weighted by Crippen LogP contribution is -2.62. The van der Waals surface area contributed by atoms with Crippen molar-refractivity contribution in [2.75, 3.05) is 38.5 Å². The molecule has 1 aliphatic heterocycles. The number of hydrogen-bond donors (Lipinski definition) is 24. The highest BCUT2D eigenvalue weighted by Gasteiger charge is 2.41. The third-order valence-corrected chi connectivity index (χ3v) is 18.7. The third kappa shape index (κ3) is 34.7. The largest absolute Gasteiger partial charge is 0.481 e. The first-order chi connectivity index (χ1) is 57.2. The van der Waals surface area contributed by atoms with Gasteiger partial charge in [-0.2, -0.15) is 0 Å². The number of Topliss-reactive ketones (excluding diaryl/α,β-unsaturated/α-hetero) is 1. The van der Waals surface area contributed by atoms with Gasteiger partial charge in [0.2, 0.25) is 88.6 Å².